The average molecular weight is 230 g/mol. The molecular formula is C13H26OS. The molecule has 2 atom stereocenters. The van der Waals surface area contributed by atoms with Crippen LogP contribution in [0.25, 0.3) is 0 Å². The van der Waals surface area contributed by atoms with E-state index in [1.54, 1.807) is 0 Å². The normalized spacial score (nSPS) is 26.8. The molecule has 1 fully saturated rings. The zero-order valence-electron chi connectivity index (χ0n) is 10.1. The van der Waals surface area contributed by atoms with Crippen LogP contribution in [0.5, 0.6) is 0 Å². The van der Waals surface area contributed by atoms with E-state index in [0.29, 0.717) is 6.10 Å². The molecule has 2 heteroatoms. The molecule has 0 heterocycles. The minimum atomic E-state index is 0.568. The molecule has 1 aliphatic carbocycles. The molecule has 1 saturated carbocycles. The molecule has 1 aliphatic rings. The van der Waals surface area contributed by atoms with Gasteiger partial charge in [-0.1, -0.05) is 32.6 Å². The van der Waals surface area contributed by atoms with E-state index < -0.39 is 0 Å². The van der Waals surface area contributed by atoms with Gasteiger partial charge in [0.15, 0.2) is 0 Å². The second kappa shape index (κ2) is 8.46. The summed E-state index contributed by atoms with van der Waals surface area (Å²) < 4.78 is 5.91. The van der Waals surface area contributed by atoms with Gasteiger partial charge in [0.1, 0.15) is 0 Å². The minimum absolute atomic E-state index is 0.568. The van der Waals surface area contributed by atoms with Crippen molar-refractivity contribution < 1.29 is 4.74 Å². The van der Waals surface area contributed by atoms with E-state index in [1.165, 1.54) is 51.4 Å². The Labute approximate surface area is 100 Å². The van der Waals surface area contributed by atoms with Crippen molar-refractivity contribution in [3.8, 4) is 0 Å². The van der Waals surface area contributed by atoms with Crippen molar-refractivity contribution >= 4 is 12.6 Å². The quantitative estimate of drug-likeness (QED) is 0.512. The summed E-state index contributed by atoms with van der Waals surface area (Å²) in [4.78, 5) is 0. The molecular weight excluding hydrogens is 204 g/mol. The molecule has 0 aromatic carbocycles. The molecule has 0 aromatic rings. The molecule has 0 aliphatic heterocycles. The molecule has 0 radical (unpaired) electrons. The number of thiol groups is 1. The van der Waals surface area contributed by atoms with Gasteiger partial charge in [-0.3, -0.25) is 0 Å². The summed E-state index contributed by atoms with van der Waals surface area (Å²) in [6.07, 6.45) is 11.0. The van der Waals surface area contributed by atoms with Crippen LogP contribution in [0.15, 0.2) is 0 Å². The third kappa shape index (κ3) is 6.47. The van der Waals surface area contributed by atoms with Gasteiger partial charge in [-0.15, -0.1) is 0 Å². The molecule has 0 N–H and O–H groups in total. The highest BCUT2D eigenvalue weighted by molar-refractivity contribution is 7.80. The fourth-order valence-corrected chi connectivity index (χ4v) is 2.57. The lowest BCUT2D eigenvalue weighted by Gasteiger charge is -2.26. The topological polar surface area (TPSA) is 9.23 Å². The Hall–Kier alpha value is 0.310. The average Bonchev–Trinajstić information content (AvgIpc) is 2.23. The van der Waals surface area contributed by atoms with Crippen molar-refractivity contribution in [2.45, 2.75) is 64.4 Å². The van der Waals surface area contributed by atoms with Crippen molar-refractivity contribution in [1.82, 2.24) is 0 Å². The van der Waals surface area contributed by atoms with Gasteiger partial charge in [0, 0.05) is 6.61 Å². The Morgan fingerprint density at radius 3 is 2.67 bits per heavy atom. The number of hydrogen-bond donors (Lipinski definition) is 1. The SMILES string of the molecule is CC1CCCC(OCCCCCCS)C1. The van der Waals surface area contributed by atoms with E-state index in [1.807, 2.05) is 0 Å². The predicted octanol–water partition coefficient (Wildman–Crippen LogP) is 4.07. The van der Waals surface area contributed by atoms with Gasteiger partial charge < -0.3 is 4.74 Å². The van der Waals surface area contributed by atoms with Crippen LogP contribution < -0.4 is 0 Å². The molecule has 1 nitrogen and oxygen atoms in total. The van der Waals surface area contributed by atoms with E-state index in [-0.39, 0.29) is 0 Å². The van der Waals surface area contributed by atoms with Crippen LogP contribution in [0, 0.1) is 5.92 Å². The summed E-state index contributed by atoms with van der Waals surface area (Å²) >= 11 is 4.21. The van der Waals surface area contributed by atoms with Crippen LogP contribution in [0.2, 0.25) is 0 Å². The highest BCUT2D eigenvalue weighted by Gasteiger charge is 2.18. The van der Waals surface area contributed by atoms with Crippen LogP contribution in [0.1, 0.15) is 58.3 Å². The fraction of sp³-hybridized carbons (Fsp3) is 1.00. The fourth-order valence-electron chi connectivity index (χ4n) is 2.35. The second-order valence-electron chi connectivity index (χ2n) is 4.90. The molecule has 15 heavy (non-hydrogen) atoms. The first kappa shape index (κ1) is 13.4. The third-order valence-electron chi connectivity index (χ3n) is 3.29. The Balaban J connectivity index is 1.90. The molecule has 90 valence electrons. The first-order chi connectivity index (χ1) is 7.33. The maximum absolute atomic E-state index is 5.91. The van der Waals surface area contributed by atoms with E-state index >= 15 is 0 Å². The Morgan fingerprint density at radius 1 is 1.13 bits per heavy atom. The van der Waals surface area contributed by atoms with Gasteiger partial charge in [0.25, 0.3) is 0 Å². The van der Waals surface area contributed by atoms with Crippen molar-refractivity contribution in [1.29, 1.82) is 0 Å². The largest absolute Gasteiger partial charge is 0.378 e. The standard InChI is InChI=1S/C13H26OS/c1-12-7-6-8-13(11-12)14-9-4-2-3-5-10-15/h12-13,15H,2-11H2,1H3. The molecule has 0 amide bonds. The summed E-state index contributed by atoms with van der Waals surface area (Å²) in [7, 11) is 0. The van der Waals surface area contributed by atoms with Crippen LogP contribution in [0.4, 0.5) is 0 Å². The summed E-state index contributed by atoms with van der Waals surface area (Å²) in [5.74, 6) is 1.91. The molecule has 0 aromatic heterocycles. The van der Waals surface area contributed by atoms with E-state index in [2.05, 4.69) is 19.6 Å². The highest BCUT2D eigenvalue weighted by atomic mass is 32.1. The second-order valence-corrected chi connectivity index (χ2v) is 5.35. The zero-order valence-corrected chi connectivity index (χ0v) is 11.0. The van der Waals surface area contributed by atoms with Crippen LogP contribution >= 0.6 is 12.6 Å². The monoisotopic (exact) mass is 230 g/mol. The summed E-state index contributed by atoms with van der Waals surface area (Å²) in [5, 5.41) is 0. The zero-order chi connectivity index (χ0) is 10.9. The minimum Gasteiger partial charge on any atom is -0.378 e. The third-order valence-corrected chi connectivity index (χ3v) is 3.61. The maximum Gasteiger partial charge on any atom is 0.0577 e. The summed E-state index contributed by atoms with van der Waals surface area (Å²) in [6.45, 7) is 3.33. The summed E-state index contributed by atoms with van der Waals surface area (Å²) in [5.41, 5.74) is 0. The summed E-state index contributed by atoms with van der Waals surface area (Å²) in [6, 6.07) is 0. The van der Waals surface area contributed by atoms with Gasteiger partial charge >= 0.3 is 0 Å². The lowest BCUT2D eigenvalue weighted by Crippen LogP contribution is -2.21. The van der Waals surface area contributed by atoms with Gasteiger partial charge in [-0.05, 0) is 37.4 Å². The van der Waals surface area contributed by atoms with Gasteiger partial charge in [0.2, 0.25) is 0 Å². The van der Waals surface area contributed by atoms with Crippen LogP contribution in [-0.4, -0.2) is 18.5 Å². The Bertz CT molecular complexity index is 149. The first-order valence-electron chi connectivity index (χ1n) is 6.55. The van der Waals surface area contributed by atoms with Crippen molar-refractivity contribution in [2.75, 3.05) is 12.4 Å². The number of unbranched alkanes of at least 4 members (excludes halogenated alkanes) is 3. The number of hydrogen-bond acceptors (Lipinski definition) is 2. The van der Waals surface area contributed by atoms with Gasteiger partial charge in [-0.2, -0.15) is 12.6 Å². The van der Waals surface area contributed by atoms with Gasteiger partial charge in [0.05, 0.1) is 6.10 Å². The molecule has 1 rings (SSSR count). The van der Waals surface area contributed by atoms with E-state index in [9.17, 15) is 0 Å². The molecule has 0 spiro atoms. The molecule has 2 unspecified atom stereocenters. The van der Waals surface area contributed by atoms with Crippen molar-refractivity contribution in [2.24, 2.45) is 5.92 Å². The first-order valence-corrected chi connectivity index (χ1v) is 7.18. The van der Waals surface area contributed by atoms with Crippen molar-refractivity contribution in [3.05, 3.63) is 0 Å². The number of ether oxygens (including phenoxy) is 1. The highest BCUT2D eigenvalue weighted by Crippen LogP contribution is 2.25. The molecule has 0 bridgehead atoms. The lowest BCUT2D eigenvalue weighted by atomic mass is 9.89. The number of rotatable bonds is 7. The smallest absolute Gasteiger partial charge is 0.0577 e. The Kier molecular flexibility index (Phi) is 7.54. The van der Waals surface area contributed by atoms with Crippen molar-refractivity contribution in [3.63, 3.8) is 0 Å². The van der Waals surface area contributed by atoms with Crippen LogP contribution in [0.3, 0.4) is 0 Å². The van der Waals surface area contributed by atoms with E-state index in [4.69, 9.17) is 4.74 Å². The Morgan fingerprint density at radius 2 is 1.93 bits per heavy atom. The lowest BCUT2D eigenvalue weighted by molar-refractivity contribution is 0.0137. The van der Waals surface area contributed by atoms with Gasteiger partial charge in [-0.25, -0.2) is 0 Å². The maximum atomic E-state index is 5.91. The van der Waals surface area contributed by atoms with E-state index in [0.717, 1.165) is 18.3 Å². The molecule has 0 saturated heterocycles. The van der Waals surface area contributed by atoms with Crippen LogP contribution in [-0.2, 0) is 4.74 Å². The predicted molar refractivity (Wildman–Crippen MR) is 69.7 cm³/mol.